The molecule has 3 aromatic carbocycles. The highest BCUT2D eigenvalue weighted by Gasteiger charge is 2.46. The Balaban J connectivity index is 1.44. The third kappa shape index (κ3) is 4.07. The minimum absolute atomic E-state index is 0.0674. The summed E-state index contributed by atoms with van der Waals surface area (Å²) in [5.41, 5.74) is 4.12. The number of aromatic hydroxyl groups is 1. The van der Waals surface area contributed by atoms with E-state index in [1.54, 1.807) is 6.07 Å². The van der Waals surface area contributed by atoms with Crippen molar-refractivity contribution in [3.63, 3.8) is 0 Å². The highest BCUT2D eigenvalue weighted by molar-refractivity contribution is 5.34. The minimum atomic E-state index is 0.0674. The van der Waals surface area contributed by atoms with Crippen LogP contribution in [0.5, 0.6) is 5.75 Å². The van der Waals surface area contributed by atoms with Gasteiger partial charge in [0.15, 0.2) is 0 Å². The second kappa shape index (κ2) is 8.73. The second-order valence-corrected chi connectivity index (χ2v) is 10.0. The number of phenolic OH excluding ortho intramolecular Hbond substituents is 1. The summed E-state index contributed by atoms with van der Waals surface area (Å²) in [6.45, 7) is 8.99. The Kier molecular flexibility index (Phi) is 5.79. The van der Waals surface area contributed by atoms with Crippen LogP contribution in [0.1, 0.15) is 43.0 Å². The van der Waals surface area contributed by atoms with Crippen LogP contribution in [-0.2, 0) is 12.0 Å². The molecule has 4 atom stereocenters. The van der Waals surface area contributed by atoms with Gasteiger partial charge >= 0.3 is 0 Å². The molecule has 3 aromatic rings. The first-order valence-corrected chi connectivity index (χ1v) is 11.9. The van der Waals surface area contributed by atoms with Crippen molar-refractivity contribution < 1.29 is 5.11 Å². The molecule has 32 heavy (non-hydrogen) atoms. The molecule has 0 saturated carbocycles. The van der Waals surface area contributed by atoms with E-state index in [9.17, 15) is 5.11 Å². The van der Waals surface area contributed by atoms with E-state index in [0.717, 1.165) is 32.6 Å². The molecular weight excluding hydrogens is 392 g/mol. The van der Waals surface area contributed by atoms with Gasteiger partial charge in [-0.25, -0.2) is 0 Å². The Bertz CT molecular complexity index is 1040. The number of benzene rings is 3. The summed E-state index contributed by atoms with van der Waals surface area (Å²) in [7, 11) is 0. The Morgan fingerprint density at radius 1 is 0.875 bits per heavy atom. The van der Waals surface area contributed by atoms with E-state index in [1.807, 2.05) is 12.1 Å². The molecule has 1 N–H and O–H groups in total. The molecule has 0 bridgehead atoms. The summed E-state index contributed by atoms with van der Waals surface area (Å²) in [6.07, 6.45) is 1.12. The quantitative estimate of drug-likeness (QED) is 0.587. The molecule has 3 nitrogen and oxygen atoms in total. The molecule has 0 amide bonds. The standard InChI is InChI=1S/C29H34N2O/c1-22-18-30-21-28(24-12-7-4-8-13-24)31(19-23-10-5-3-6-11-23)20-26(30)17-29(22,2)25-14-9-15-27(32)16-25/h3-16,22,26,28,32H,17-21H2,1-2H3/t22-,26+,28?,29+/m0/s1. The summed E-state index contributed by atoms with van der Waals surface area (Å²) in [6, 6.07) is 30.7. The molecule has 2 heterocycles. The fourth-order valence-electron chi connectivity index (χ4n) is 5.91. The fourth-order valence-corrected chi connectivity index (χ4v) is 5.91. The molecule has 2 fully saturated rings. The molecule has 0 spiro atoms. The number of hydrogen-bond donors (Lipinski definition) is 1. The van der Waals surface area contributed by atoms with E-state index in [-0.39, 0.29) is 5.41 Å². The van der Waals surface area contributed by atoms with Crippen LogP contribution in [-0.4, -0.2) is 40.6 Å². The van der Waals surface area contributed by atoms with Gasteiger partial charge in [0, 0.05) is 38.3 Å². The van der Waals surface area contributed by atoms with E-state index in [1.165, 1.54) is 16.7 Å². The number of piperidine rings is 1. The number of fused-ring (bicyclic) bond motifs is 1. The number of hydrogen-bond acceptors (Lipinski definition) is 3. The SMILES string of the molecule is C[C@H]1CN2CC(c3ccccc3)N(Cc3ccccc3)C[C@H]2C[C@@]1(C)c1cccc(O)c1. The Morgan fingerprint density at radius 2 is 1.59 bits per heavy atom. The van der Waals surface area contributed by atoms with Gasteiger partial charge in [0.2, 0.25) is 0 Å². The number of rotatable bonds is 4. The molecule has 2 aliphatic rings. The van der Waals surface area contributed by atoms with Crippen molar-refractivity contribution in [1.29, 1.82) is 0 Å². The summed E-state index contributed by atoms with van der Waals surface area (Å²) in [5.74, 6) is 0.898. The molecule has 2 aliphatic heterocycles. The smallest absolute Gasteiger partial charge is 0.115 e. The topological polar surface area (TPSA) is 26.7 Å². The van der Waals surface area contributed by atoms with Crippen LogP contribution < -0.4 is 0 Å². The lowest BCUT2D eigenvalue weighted by Gasteiger charge is -2.55. The average Bonchev–Trinajstić information content (AvgIpc) is 2.81. The van der Waals surface area contributed by atoms with Gasteiger partial charge in [-0.2, -0.15) is 0 Å². The normalized spacial score (nSPS) is 28.9. The Hall–Kier alpha value is -2.62. The molecule has 5 rings (SSSR count). The average molecular weight is 427 g/mol. The van der Waals surface area contributed by atoms with E-state index in [2.05, 4.69) is 90.4 Å². The van der Waals surface area contributed by atoms with Crippen LogP contribution >= 0.6 is 0 Å². The van der Waals surface area contributed by atoms with Crippen molar-refractivity contribution in [2.24, 2.45) is 5.92 Å². The molecule has 1 unspecified atom stereocenters. The summed E-state index contributed by atoms with van der Waals surface area (Å²) in [4.78, 5) is 5.42. The lowest BCUT2D eigenvalue weighted by Crippen LogP contribution is -2.61. The predicted octanol–water partition coefficient (Wildman–Crippen LogP) is 5.62. The van der Waals surface area contributed by atoms with Crippen LogP contribution in [0.2, 0.25) is 0 Å². The molecule has 0 aromatic heterocycles. The van der Waals surface area contributed by atoms with Gasteiger partial charge in [-0.1, -0.05) is 86.6 Å². The highest BCUT2D eigenvalue weighted by atomic mass is 16.3. The Morgan fingerprint density at radius 3 is 2.31 bits per heavy atom. The summed E-state index contributed by atoms with van der Waals surface area (Å²) in [5, 5.41) is 10.1. The van der Waals surface area contributed by atoms with Gasteiger partial charge < -0.3 is 5.11 Å². The monoisotopic (exact) mass is 426 g/mol. The molecule has 2 saturated heterocycles. The lowest BCUT2D eigenvalue weighted by molar-refractivity contribution is -0.0351. The summed E-state index contributed by atoms with van der Waals surface area (Å²) >= 11 is 0. The van der Waals surface area contributed by atoms with E-state index < -0.39 is 0 Å². The largest absolute Gasteiger partial charge is 0.508 e. The maximum Gasteiger partial charge on any atom is 0.115 e. The van der Waals surface area contributed by atoms with Gasteiger partial charge in [-0.15, -0.1) is 0 Å². The third-order valence-corrected chi connectivity index (χ3v) is 7.98. The fraction of sp³-hybridized carbons (Fsp3) is 0.379. The minimum Gasteiger partial charge on any atom is -0.508 e. The second-order valence-electron chi connectivity index (χ2n) is 10.0. The number of piperazine rings is 1. The van der Waals surface area contributed by atoms with Gasteiger partial charge in [0.05, 0.1) is 0 Å². The zero-order valence-electron chi connectivity index (χ0n) is 19.2. The first-order chi connectivity index (χ1) is 15.5. The molecule has 166 valence electrons. The van der Waals surface area contributed by atoms with Gasteiger partial charge in [0.1, 0.15) is 5.75 Å². The first-order valence-electron chi connectivity index (χ1n) is 11.9. The van der Waals surface area contributed by atoms with Gasteiger partial charge in [-0.3, -0.25) is 9.80 Å². The van der Waals surface area contributed by atoms with E-state index >= 15 is 0 Å². The van der Waals surface area contributed by atoms with Crippen LogP contribution in [0.3, 0.4) is 0 Å². The zero-order valence-corrected chi connectivity index (χ0v) is 19.2. The summed E-state index contributed by atoms with van der Waals surface area (Å²) < 4.78 is 0. The predicted molar refractivity (Wildman–Crippen MR) is 131 cm³/mol. The van der Waals surface area contributed by atoms with E-state index in [4.69, 9.17) is 0 Å². The third-order valence-electron chi connectivity index (χ3n) is 7.98. The molecular formula is C29H34N2O. The maximum absolute atomic E-state index is 10.1. The van der Waals surface area contributed by atoms with Crippen LogP contribution in [0, 0.1) is 5.92 Å². The van der Waals surface area contributed by atoms with Gasteiger partial charge in [0.25, 0.3) is 0 Å². The van der Waals surface area contributed by atoms with Crippen molar-refractivity contribution in [3.05, 3.63) is 102 Å². The number of nitrogens with zero attached hydrogens (tertiary/aromatic N) is 2. The van der Waals surface area contributed by atoms with E-state index in [0.29, 0.717) is 23.8 Å². The Labute approximate surface area is 192 Å². The molecule has 3 heteroatoms. The molecule has 0 radical (unpaired) electrons. The van der Waals surface area contributed by atoms with Crippen molar-refractivity contribution >= 4 is 0 Å². The van der Waals surface area contributed by atoms with Crippen LogP contribution in [0.4, 0.5) is 0 Å². The lowest BCUT2D eigenvalue weighted by atomic mass is 9.65. The van der Waals surface area contributed by atoms with Crippen molar-refractivity contribution in [1.82, 2.24) is 9.80 Å². The number of phenols is 1. The van der Waals surface area contributed by atoms with Crippen LogP contribution in [0.15, 0.2) is 84.9 Å². The highest BCUT2D eigenvalue weighted by Crippen LogP contribution is 2.45. The van der Waals surface area contributed by atoms with Gasteiger partial charge in [-0.05, 0) is 46.6 Å². The van der Waals surface area contributed by atoms with Crippen LogP contribution in [0.25, 0.3) is 0 Å². The first kappa shape index (κ1) is 21.2. The van der Waals surface area contributed by atoms with Crippen molar-refractivity contribution in [2.75, 3.05) is 19.6 Å². The van der Waals surface area contributed by atoms with Crippen molar-refractivity contribution in [2.45, 2.75) is 44.3 Å². The maximum atomic E-state index is 10.1. The zero-order chi connectivity index (χ0) is 22.1. The van der Waals surface area contributed by atoms with Crippen molar-refractivity contribution in [3.8, 4) is 5.75 Å². The molecule has 0 aliphatic carbocycles.